The molecule has 0 saturated heterocycles. The minimum absolute atomic E-state index is 0.0489. The lowest BCUT2D eigenvalue weighted by Crippen LogP contribution is -2.37. The van der Waals surface area contributed by atoms with Gasteiger partial charge in [-0.2, -0.15) is 0 Å². The molecule has 0 aliphatic rings. The lowest BCUT2D eigenvalue weighted by Gasteiger charge is -2.20. The molecule has 0 aromatic heterocycles. The van der Waals surface area contributed by atoms with Crippen LogP contribution in [0.15, 0.2) is 42.5 Å². The number of rotatable bonds is 5. The molecule has 2 atom stereocenters. The van der Waals surface area contributed by atoms with Crippen LogP contribution in [-0.2, 0) is 4.79 Å². The van der Waals surface area contributed by atoms with E-state index in [0.29, 0.717) is 5.75 Å². The first kappa shape index (κ1) is 17.1. The van der Waals surface area contributed by atoms with Gasteiger partial charge in [0.2, 0.25) is 0 Å². The fourth-order valence-corrected chi connectivity index (χ4v) is 2.59. The first-order valence-corrected chi connectivity index (χ1v) is 7.97. The Labute approximate surface area is 138 Å². The molecule has 2 rings (SSSR count). The number of nitrogens with one attached hydrogen (secondary N) is 1. The quantitative estimate of drug-likeness (QED) is 0.896. The second-order valence-corrected chi connectivity index (χ2v) is 6.16. The van der Waals surface area contributed by atoms with Crippen molar-refractivity contribution in [1.29, 1.82) is 0 Å². The van der Waals surface area contributed by atoms with Gasteiger partial charge in [0.1, 0.15) is 5.75 Å². The lowest BCUT2D eigenvalue weighted by molar-refractivity contribution is -0.127. The van der Waals surface area contributed by atoms with Gasteiger partial charge in [0.05, 0.1) is 6.04 Å². The molecule has 2 aromatic rings. The summed E-state index contributed by atoms with van der Waals surface area (Å²) in [5, 5.41) is 3.02. The Morgan fingerprint density at radius 2 is 1.57 bits per heavy atom. The van der Waals surface area contributed by atoms with Crippen molar-refractivity contribution >= 4 is 5.91 Å². The zero-order valence-corrected chi connectivity index (χ0v) is 14.5. The predicted octanol–water partition coefficient (Wildman–Crippen LogP) is 4.26. The van der Waals surface area contributed by atoms with Crippen molar-refractivity contribution in [3.8, 4) is 5.75 Å². The summed E-state index contributed by atoms with van der Waals surface area (Å²) in [5.74, 6) is 0.593. The molecule has 0 radical (unpaired) electrons. The number of benzene rings is 2. The molecule has 0 bridgehead atoms. The summed E-state index contributed by atoms with van der Waals surface area (Å²) in [6.45, 7) is 9.91. The van der Waals surface area contributed by atoms with Crippen LogP contribution in [0.3, 0.4) is 0 Å². The summed E-state index contributed by atoms with van der Waals surface area (Å²) >= 11 is 0. The van der Waals surface area contributed by atoms with Crippen LogP contribution >= 0.6 is 0 Å². The minimum atomic E-state index is -0.536. The fourth-order valence-electron chi connectivity index (χ4n) is 2.59. The highest BCUT2D eigenvalue weighted by atomic mass is 16.5. The second-order valence-electron chi connectivity index (χ2n) is 6.16. The minimum Gasteiger partial charge on any atom is -0.481 e. The summed E-state index contributed by atoms with van der Waals surface area (Å²) in [6, 6.07) is 13.9. The first-order chi connectivity index (χ1) is 10.9. The van der Waals surface area contributed by atoms with Gasteiger partial charge in [-0.25, -0.2) is 0 Å². The predicted molar refractivity (Wildman–Crippen MR) is 93.7 cm³/mol. The van der Waals surface area contributed by atoms with Crippen LogP contribution in [0.5, 0.6) is 5.75 Å². The fraction of sp³-hybridized carbons (Fsp3) is 0.350. The van der Waals surface area contributed by atoms with Crippen LogP contribution in [0.1, 0.15) is 42.1 Å². The van der Waals surface area contributed by atoms with Gasteiger partial charge in [-0.3, -0.25) is 4.79 Å². The van der Waals surface area contributed by atoms with E-state index in [0.717, 1.165) is 11.1 Å². The number of amides is 1. The molecule has 122 valence electrons. The zero-order chi connectivity index (χ0) is 17.0. The van der Waals surface area contributed by atoms with Crippen molar-refractivity contribution in [3.05, 3.63) is 64.7 Å². The molecule has 0 heterocycles. The molecule has 0 spiro atoms. The summed E-state index contributed by atoms with van der Waals surface area (Å²) < 4.78 is 5.71. The smallest absolute Gasteiger partial charge is 0.261 e. The summed E-state index contributed by atoms with van der Waals surface area (Å²) in [4.78, 5) is 12.3. The number of aryl methyl sites for hydroxylation is 3. The number of hydrogen-bond donors (Lipinski definition) is 1. The van der Waals surface area contributed by atoms with E-state index in [9.17, 15) is 4.79 Å². The normalized spacial score (nSPS) is 13.3. The van der Waals surface area contributed by atoms with E-state index in [2.05, 4.69) is 37.4 Å². The molecule has 23 heavy (non-hydrogen) atoms. The van der Waals surface area contributed by atoms with Crippen molar-refractivity contribution in [2.75, 3.05) is 0 Å². The Morgan fingerprint density at radius 1 is 0.957 bits per heavy atom. The summed E-state index contributed by atoms with van der Waals surface area (Å²) in [6.07, 6.45) is -0.536. The van der Waals surface area contributed by atoms with Gasteiger partial charge in [-0.1, -0.05) is 41.5 Å². The third-order valence-corrected chi connectivity index (χ3v) is 3.95. The third kappa shape index (κ3) is 4.59. The largest absolute Gasteiger partial charge is 0.481 e. The van der Waals surface area contributed by atoms with Crippen LogP contribution in [-0.4, -0.2) is 12.0 Å². The zero-order valence-electron chi connectivity index (χ0n) is 14.5. The molecule has 0 unspecified atom stereocenters. The molecule has 3 nitrogen and oxygen atoms in total. The molecule has 2 aromatic carbocycles. The average molecular weight is 311 g/mol. The van der Waals surface area contributed by atoms with Crippen LogP contribution in [0, 0.1) is 20.8 Å². The third-order valence-electron chi connectivity index (χ3n) is 3.95. The molecule has 0 saturated carbocycles. The number of carbonyl (C=O) groups is 1. The maximum Gasteiger partial charge on any atom is 0.261 e. The van der Waals surface area contributed by atoms with Crippen molar-refractivity contribution < 1.29 is 9.53 Å². The van der Waals surface area contributed by atoms with Gasteiger partial charge < -0.3 is 10.1 Å². The van der Waals surface area contributed by atoms with E-state index >= 15 is 0 Å². The number of ether oxygens (including phenoxy) is 1. The molecule has 0 aliphatic heterocycles. The van der Waals surface area contributed by atoms with E-state index < -0.39 is 6.10 Å². The van der Waals surface area contributed by atoms with Crippen LogP contribution < -0.4 is 10.1 Å². The Morgan fingerprint density at radius 3 is 2.17 bits per heavy atom. The molecular weight excluding hydrogens is 286 g/mol. The molecular formula is C20H25NO2. The monoisotopic (exact) mass is 311 g/mol. The SMILES string of the molecule is Cc1ccc(O[C@@H](C)C(=O)N[C@@H](C)c2ccc(C)cc2C)cc1. The van der Waals surface area contributed by atoms with Gasteiger partial charge in [-0.15, -0.1) is 0 Å². The lowest BCUT2D eigenvalue weighted by atomic mass is 10.0. The van der Waals surface area contributed by atoms with Crippen molar-refractivity contribution in [2.45, 2.75) is 46.8 Å². The first-order valence-electron chi connectivity index (χ1n) is 7.97. The van der Waals surface area contributed by atoms with E-state index in [1.165, 1.54) is 11.1 Å². The highest BCUT2D eigenvalue weighted by molar-refractivity contribution is 5.81. The maximum atomic E-state index is 12.3. The topological polar surface area (TPSA) is 38.3 Å². The Kier molecular flexibility index (Phi) is 5.43. The summed E-state index contributed by atoms with van der Waals surface area (Å²) in [7, 11) is 0. The molecule has 3 heteroatoms. The highest BCUT2D eigenvalue weighted by Gasteiger charge is 2.18. The average Bonchev–Trinajstić information content (AvgIpc) is 2.49. The molecule has 0 aliphatic carbocycles. The van der Waals surface area contributed by atoms with E-state index in [-0.39, 0.29) is 11.9 Å². The van der Waals surface area contributed by atoms with Crippen LogP contribution in [0.4, 0.5) is 0 Å². The number of carbonyl (C=O) groups excluding carboxylic acids is 1. The van der Waals surface area contributed by atoms with Crippen molar-refractivity contribution in [2.24, 2.45) is 0 Å². The van der Waals surface area contributed by atoms with Crippen molar-refractivity contribution in [1.82, 2.24) is 5.32 Å². The Hall–Kier alpha value is -2.29. The van der Waals surface area contributed by atoms with Crippen LogP contribution in [0.25, 0.3) is 0 Å². The Bertz CT molecular complexity index is 677. The second kappa shape index (κ2) is 7.32. The highest BCUT2D eigenvalue weighted by Crippen LogP contribution is 2.19. The molecule has 1 amide bonds. The van der Waals surface area contributed by atoms with Gasteiger partial charge in [-0.05, 0) is 57.9 Å². The number of hydrogen-bond acceptors (Lipinski definition) is 2. The van der Waals surface area contributed by atoms with Gasteiger partial charge in [0, 0.05) is 0 Å². The molecule has 1 N–H and O–H groups in total. The van der Waals surface area contributed by atoms with Gasteiger partial charge in [0.15, 0.2) is 6.10 Å². The van der Waals surface area contributed by atoms with Crippen molar-refractivity contribution in [3.63, 3.8) is 0 Å². The maximum absolute atomic E-state index is 12.3. The van der Waals surface area contributed by atoms with Crippen LogP contribution in [0.2, 0.25) is 0 Å². The Balaban J connectivity index is 1.98. The summed E-state index contributed by atoms with van der Waals surface area (Å²) in [5.41, 5.74) is 4.70. The van der Waals surface area contributed by atoms with Gasteiger partial charge >= 0.3 is 0 Å². The van der Waals surface area contributed by atoms with E-state index in [4.69, 9.17) is 4.74 Å². The van der Waals surface area contributed by atoms with E-state index in [1.54, 1.807) is 6.92 Å². The standard InChI is InChI=1S/C20H25NO2/c1-13-6-9-18(10-7-13)23-17(5)20(22)21-16(4)19-11-8-14(2)12-15(19)3/h6-12,16-17H,1-5H3,(H,21,22)/t16-,17-/m0/s1. The van der Waals surface area contributed by atoms with Gasteiger partial charge in [0.25, 0.3) is 5.91 Å². The molecule has 0 fully saturated rings. The van der Waals surface area contributed by atoms with E-state index in [1.807, 2.05) is 38.1 Å².